The summed E-state index contributed by atoms with van der Waals surface area (Å²) in [4.78, 5) is 29.5. The van der Waals surface area contributed by atoms with E-state index in [-0.39, 0.29) is 29.2 Å². The third kappa shape index (κ3) is 5.13. The highest BCUT2D eigenvalue weighted by Gasteiger charge is 2.43. The van der Waals surface area contributed by atoms with E-state index in [1.165, 1.54) is 0 Å². The molecule has 1 unspecified atom stereocenters. The molecule has 40 heavy (non-hydrogen) atoms. The van der Waals surface area contributed by atoms with Crippen LogP contribution in [0.1, 0.15) is 65.0 Å². The molecular formula is C32H32ClNO6. The van der Waals surface area contributed by atoms with Crippen molar-refractivity contribution in [3.05, 3.63) is 97.9 Å². The van der Waals surface area contributed by atoms with E-state index in [9.17, 15) is 9.59 Å². The molecule has 1 aromatic heterocycles. The van der Waals surface area contributed by atoms with Gasteiger partial charge in [0.2, 0.25) is 5.76 Å². The van der Waals surface area contributed by atoms with Gasteiger partial charge in [-0.2, -0.15) is 0 Å². The van der Waals surface area contributed by atoms with Gasteiger partial charge in [0, 0.05) is 11.6 Å². The zero-order valence-electron chi connectivity index (χ0n) is 23.1. The summed E-state index contributed by atoms with van der Waals surface area (Å²) in [6.07, 6.45) is 3.12. The molecule has 0 bridgehead atoms. The Labute approximate surface area is 238 Å². The lowest BCUT2D eigenvalue weighted by atomic mass is 9.97. The first-order valence-electron chi connectivity index (χ1n) is 13.4. The summed E-state index contributed by atoms with van der Waals surface area (Å²) in [5, 5.41) is 0.795. The predicted molar refractivity (Wildman–Crippen MR) is 155 cm³/mol. The largest absolute Gasteiger partial charge is 0.497 e. The van der Waals surface area contributed by atoms with Crippen LogP contribution in [0.2, 0.25) is 5.02 Å². The summed E-state index contributed by atoms with van der Waals surface area (Å²) < 4.78 is 23.0. The van der Waals surface area contributed by atoms with Crippen molar-refractivity contribution in [1.29, 1.82) is 0 Å². The van der Waals surface area contributed by atoms with E-state index in [1.807, 2.05) is 49.4 Å². The number of carbonyl (C=O) groups is 1. The Morgan fingerprint density at radius 3 is 2.42 bits per heavy atom. The van der Waals surface area contributed by atoms with Crippen molar-refractivity contribution >= 4 is 28.5 Å². The van der Waals surface area contributed by atoms with Crippen molar-refractivity contribution < 1.29 is 23.4 Å². The third-order valence-corrected chi connectivity index (χ3v) is 7.67. The number of benzene rings is 3. The van der Waals surface area contributed by atoms with Gasteiger partial charge in [-0.1, -0.05) is 49.6 Å². The Kier molecular flexibility index (Phi) is 8.03. The molecule has 1 aliphatic rings. The van der Waals surface area contributed by atoms with E-state index >= 15 is 0 Å². The number of halogens is 1. The topological polar surface area (TPSA) is 78.2 Å². The highest BCUT2D eigenvalue weighted by molar-refractivity contribution is 6.32. The standard InChI is InChI=1S/C32H32ClNO6/c1-5-6-7-14-39-25-13-10-21(16-27(25)38-4)29-28-30(35)23-17-24(33)19(2)15-26(23)40-31(28)32(36)34(29)18-20-8-11-22(37-3)12-9-20/h8-13,15-17,29H,5-7,14,18H2,1-4H3. The van der Waals surface area contributed by atoms with Crippen LogP contribution in [0.4, 0.5) is 0 Å². The zero-order chi connectivity index (χ0) is 28.4. The number of unbranched alkanes of at least 4 members (excludes halogenated alkanes) is 2. The summed E-state index contributed by atoms with van der Waals surface area (Å²) in [6, 6.07) is 15.6. The second-order valence-electron chi connectivity index (χ2n) is 9.92. The Bertz CT molecular complexity index is 1610. The second kappa shape index (κ2) is 11.6. The van der Waals surface area contributed by atoms with Gasteiger partial charge >= 0.3 is 0 Å². The minimum absolute atomic E-state index is 0.0385. The van der Waals surface area contributed by atoms with Crippen molar-refractivity contribution in [2.45, 2.75) is 45.7 Å². The average molecular weight is 562 g/mol. The van der Waals surface area contributed by atoms with Gasteiger partial charge in [-0.25, -0.2) is 0 Å². The summed E-state index contributed by atoms with van der Waals surface area (Å²) in [7, 11) is 3.18. The van der Waals surface area contributed by atoms with Crippen LogP contribution in [0.15, 0.2) is 63.8 Å². The van der Waals surface area contributed by atoms with E-state index in [2.05, 4.69) is 6.92 Å². The molecule has 0 saturated carbocycles. The molecule has 1 atom stereocenters. The molecule has 0 N–H and O–H groups in total. The molecule has 4 aromatic rings. The first kappa shape index (κ1) is 27.6. The van der Waals surface area contributed by atoms with Gasteiger partial charge in [-0.05, 0) is 66.4 Å². The number of amides is 1. The van der Waals surface area contributed by atoms with Crippen LogP contribution in [0.25, 0.3) is 11.0 Å². The fourth-order valence-corrected chi connectivity index (χ4v) is 5.25. The van der Waals surface area contributed by atoms with Crippen LogP contribution in [0.5, 0.6) is 17.2 Å². The predicted octanol–water partition coefficient (Wildman–Crippen LogP) is 7.09. The maximum Gasteiger partial charge on any atom is 0.291 e. The lowest BCUT2D eigenvalue weighted by molar-refractivity contribution is 0.0714. The summed E-state index contributed by atoms with van der Waals surface area (Å²) in [5.74, 6) is 1.54. The third-order valence-electron chi connectivity index (χ3n) is 7.27. The fourth-order valence-electron chi connectivity index (χ4n) is 5.09. The molecule has 7 nitrogen and oxygen atoms in total. The minimum Gasteiger partial charge on any atom is -0.497 e. The van der Waals surface area contributed by atoms with Gasteiger partial charge in [-0.3, -0.25) is 9.59 Å². The smallest absolute Gasteiger partial charge is 0.291 e. The number of fused-ring (bicyclic) bond motifs is 2. The maximum absolute atomic E-state index is 13.9. The number of methoxy groups -OCH3 is 2. The first-order chi connectivity index (χ1) is 19.4. The normalized spacial score (nSPS) is 14.5. The van der Waals surface area contributed by atoms with Crippen LogP contribution in [-0.4, -0.2) is 31.6 Å². The van der Waals surface area contributed by atoms with E-state index in [4.69, 9.17) is 30.2 Å². The van der Waals surface area contributed by atoms with E-state index in [0.717, 1.165) is 30.4 Å². The molecule has 3 aromatic carbocycles. The number of hydrogen-bond donors (Lipinski definition) is 0. The number of hydrogen-bond acceptors (Lipinski definition) is 6. The molecule has 1 amide bonds. The van der Waals surface area contributed by atoms with Crippen molar-refractivity contribution in [2.24, 2.45) is 0 Å². The van der Waals surface area contributed by atoms with Gasteiger partial charge in [0.05, 0.1) is 37.8 Å². The molecule has 0 aliphatic carbocycles. The van der Waals surface area contributed by atoms with Crippen LogP contribution in [0, 0.1) is 6.92 Å². The zero-order valence-corrected chi connectivity index (χ0v) is 23.8. The van der Waals surface area contributed by atoms with Crippen LogP contribution >= 0.6 is 11.6 Å². The minimum atomic E-state index is -0.701. The Morgan fingerprint density at radius 2 is 1.73 bits per heavy atom. The number of aryl methyl sites for hydroxylation is 1. The number of carbonyl (C=O) groups excluding carboxylic acids is 1. The first-order valence-corrected chi connectivity index (χ1v) is 13.8. The van der Waals surface area contributed by atoms with E-state index < -0.39 is 6.04 Å². The fraction of sp³-hybridized carbons (Fsp3) is 0.312. The Balaban J connectivity index is 1.62. The molecular weight excluding hydrogens is 530 g/mol. The lowest BCUT2D eigenvalue weighted by Crippen LogP contribution is -2.29. The quantitative estimate of drug-likeness (QED) is 0.192. The van der Waals surface area contributed by atoms with Crippen LogP contribution in [-0.2, 0) is 6.54 Å². The molecule has 0 fully saturated rings. The number of nitrogens with zero attached hydrogens (tertiary/aromatic N) is 1. The maximum atomic E-state index is 13.9. The highest BCUT2D eigenvalue weighted by Crippen LogP contribution is 2.42. The molecule has 2 heterocycles. The average Bonchev–Trinajstić information content (AvgIpc) is 3.23. The summed E-state index contributed by atoms with van der Waals surface area (Å²) >= 11 is 6.37. The Morgan fingerprint density at radius 1 is 0.950 bits per heavy atom. The number of ether oxygens (including phenoxy) is 3. The second-order valence-corrected chi connectivity index (χ2v) is 10.3. The van der Waals surface area contributed by atoms with Crippen LogP contribution in [0.3, 0.4) is 0 Å². The van der Waals surface area contributed by atoms with Gasteiger partial charge in [0.1, 0.15) is 11.3 Å². The van der Waals surface area contributed by atoms with Gasteiger partial charge < -0.3 is 23.5 Å². The molecule has 5 rings (SSSR count). The molecule has 0 saturated heterocycles. The van der Waals surface area contributed by atoms with Crippen molar-refractivity contribution in [2.75, 3.05) is 20.8 Å². The van der Waals surface area contributed by atoms with Gasteiger partial charge in [0.25, 0.3) is 5.91 Å². The molecule has 0 radical (unpaired) electrons. The van der Waals surface area contributed by atoms with Crippen LogP contribution < -0.4 is 19.6 Å². The van der Waals surface area contributed by atoms with Gasteiger partial charge in [-0.15, -0.1) is 0 Å². The van der Waals surface area contributed by atoms with Crippen molar-refractivity contribution in [3.63, 3.8) is 0 Å². The molecule has 0 spiro atoms. The van der Waals surface area contributed by atoms with Gasteiger partial charge in [0.15, 0.2) is 16.9 Å². The summed E-state index contributed by atoms with van der Waals surface area (Å²) in [5.41, 5.74) is 2.68. The summed E-state index contributed by atoms with van der Waals surface area (Å²) in [6.45, 7) is 4.80. The molecule has 208 valence electrons. The SMILES string of the molecule is CCCCCOc1ccc(C2c3c(oc4cc(C)c(Cl)cc4c3=O)C(=O)N2Cc2ccc(OC)cc2)cc1OC. The lowest BCUT2D eigenvalue weighted by Gasteiger charge is -2.26. The van der Waals surface area contributed by atoms with E-state index in [1.54, 1.807) is 31.3 Å². The monoisotopic (exact) mass is 561 g/mol. The Hall–Kier alpha value is -3.97. The highest BCUT2D eigenvalue weighted by atomic mass is 35.5. The molecule has 1 aliphatic heterocycles. The molecule has 8 heteroatoms. The van der Waals surface area contributed by atoms with E-state index in [0.29, 0.717) is 45.4 Å². The number of rotatable bonds is 10. The van der Waals surface area contributed by atoms with Crippen molar-refractivity contribution in [3.8, 4) is 17.2 Å². The van der Waals surface area contributed by atoms with Crippen molar-refractivity contribution in [1.82, 2.24) is 4.90 Å².